The number of nitrogens with zero attached hydrogens (tertiary/aromatic N) is 2. The number of pyridine rings is 1. The third kappa shape index (κ3) is 3.93. The standard InChI is InChI=1S/C17H25N3O/c1-13(2)12-20(8-9-21-3)17-10-14(11-18)15-6-4-5-7-16(15)19-17/h4-7,10,13H,8-9,11-12,18H2,1-3H3. The minimum atomic E-state index is 0.524. The summed E-state index contributed by atoms with van der Waals surface area (Å²) in [7, 11) is 1.73. The first-order chi connectivity index (χ1) is 10.2. The normalized spacial score (nSPS) is 11.3. The molecule has 0 amide bonds. The van der Waals surface area contributed by atoms with Crippen molar-refractivity contribution in [1.82, 2.24) is 4.98 Å². The molecule has 0 saturated heterocycles. The van der Waals surface area contributed by atoms with E-state index in [9.17, 15) is 0 Å². The molecule has 0 saturated carbocycles. The van der Waals surface area contributed by atoms with Crippen molar-refractivity contribution >= 4 is 16.7 Å². The first-order valence-corrected chi connectivity index (χ1v) is 7.48. The summed E-state index contributed by atoms with van der Waals surface area (Å²) in [5, 5.41) is 1.14. The second-order valence-corrected chi connectivity index (χ2v) is 5.69. The molecule has 0 bridgehead atoms. The van der Waals surface area contributed by atoms with Crippen LogP contribution in [0.15, 0.2) is 30.3 Å². The molecule has 0 fully saturated rings. The van der Waals surface area contributed by atoms with Gasteiger partial charge in [-0.1, -0.05) is 32.0 Å². The molecule has 0 spiro atoms. The molecule has 0 aliphatic carbocycles. The quantitative estimate of drug-likeness (QED) is 0.851. The van der Waals surface area contributed by atoms with E-state index in [1.165, 1.54) is 0 Å². The topological polar surface area (TPSA) is 51.4 Å². The van der Waals surface area contributed by atoms with Gasteiger partial charge in [-0.3, -0.25) is 0 Å². The van der Waals surface area contributed by atoms with E-state index in [0.29, 0.717) is 19.1 Å². The Labute approximate surface area is 126 Å². The number of benzene rings is 1. The number of fused-ring (bicyclic) bond motifs is 1. The van der Waals surface area contributed by atoms with Crippen molar-refractivity contribution in [2.75, 3.05) is 31.7 Å². The molecule has 1 heterocycles. The molecule has 4 heteroatoms. The molecule has 114 valence electrons. The second-order valence-electron chi connectivity index (χ2n) is 5.69. The molecule has 1 aromatic carbocycles. The number of para-hydroxylation sites is 1. The van der Waals surface area contributed by atoms with Crippen molar-refractivity contribution in [2.45, 2.75) is 20.4 Å². The van der Waals surface area contributed by atoms with Crippen LogP contribution in [0, 0.1) is 5.92 Å². The van der Waals surface area contributed by atoms with Crippen LogP contribution in [0.1, 0.15) is 19.4 Å². The zero-order valence-corrected chi connectivity index (χ0v) is 13.2. The van der Waals surface area contributed by atoms with Gasteiger partial charge in [0.05, 0.1) is 12.1 Å². The van der Waals surface area contributed by atoms with E-state index in [2.05, 4.69) is 30.9 Å². The summed E-state index contributed by atoms with van der Waals surface area (Å²) < 4.78 is 5.23. The summed E-state index contributed by atoms with van der Waals surface area (Å²) in [6.07, 6.45) is 0. The van der Waals surface area contributed by atoms with E-state index >= 15 is 0 Å². The number of hydrogen-bond donors (Lipinski definition) is 1. The van der Waals surface area contributed by atoms with E-state index in [-0.39, 0.29) is 0 Å². The van der Waals surface area contributed by atoms with Crippen molar-refractivity contribution in [3.05, 3.63) is 35.9 Å². The lowest BCUT2D eigenvalue weighted by molar-refractivity contribution is 0.204. The molecule has 4 nitrogen and oxygen atoms in total. The number of anilines is 1. The summed E-state index contributed by atoms with van der Waals surface area (Å²) in [6, 6.07) is 10.3. The van der Waals surface area contributed by atoms with E-state index in [0.717, 1.165) is 35.4 Å². The zero-order chi connectivity index (χ0) is 15.2. The fraction of sp³-hybridized carbons (Fsp3) is 0.471. The van der Waals surface area contributed by atoms with E-state index < -0.39 is 0 Å². The predicted molar refractivity (Wildman–Crippen MR) is 88.6 cm³/mol. The summed E-state index contributed by atoms with van der Waals surface area (Å²) in [6.45, 7) is 7.44. The number of aromatic nitrogens is 1. The molecule has 0 atom stereocenters. The van der Waals surface area contributed by atoms with Crippen molar-refractivity contribution in [3.63, 3.8) is 0 Å². The zero-order valence-electron chi connectivity index (χ0n) is 13.2. The monoisotopic (exact) mass is 287 g/mol. The van der Waals surface area contributed by atoms with Crippen molar-refractivity contribution in [1.29, 1.82) is 0 Å². The Hall–Kier alpha value is -1.65. The van der Waals surface area contributed by atoms with Crippen LogP contribution >= 0.6 is 0 Å². The number of hydrogen-bond acceptors (Lipinski definition) is 4. The van der Waals surface area contributed by atoms with Crippen LogP contribution in [0.3, 0.4) is 0 Å². The Morgan fingerprint density at radius 2 is 2.05 bits per heavy atom. The number of methoxy groups -OCH3 is 1. The van der Waals surface area contributed by atoms with Gasteiger partial charge in [-0.25, -0.2) is 4.98 Å². The largest absolute Gasteiger partial charge is 0.383 e. The molecule has 1 aromatic heterocycles. The lowest BCUT2D eigenvalue weighted by atomic mass is 10.1. The maximum atomic E-state index is 5.92. The number of nitrogens with two attached hydrogens (primary N) is 1. The van der Waals surface area contributed by atoms with Crippen molar-refractivity contribution in [3.8, 4) is 0 Å². The van der Waals surface area contributed by atoms with Crippen LogP contribution in [0.2, 0.25) is 0 Å². The average Bonchev–Trinajstić information content (AvgIpc) is 2.49. The van der Waals surface area contributed by atoms with Crippen molar-refractivity contribution in [2.24, 2.45) is 11.7 Å². The first-order valence-electron chi connectivity index (χ1n) is 7.48. The van der Waals surface area contributed by atoms with Crippen LogP contribution in [-0.2, 0) is 11.3 Å². The van der Waals surface area contributed by atoms with Crippen LogP contribution < -0.4 is 10.6 Å². The summed E-state index contributed by atoms with van der Waals surface area (Å²) in [5.74, 6) is 1.55. The number of ether oxygens (including phenoxy) is 1. The van der Waals surface area contributed by atoms with Crippen LogP contribution in [0.25, 0.3) is 10.9 Å². The highest BCUT2D eigenvalue weighted by Crippen LogP contribution is 2.23. The number of rotatable bonds is 7. The van der Waals surface area contributed by atoms with Gasteiger partial charge in [0.2, 0.25) is 0 Å². The SMILES string of the molecule is COCCN(CC(C)C)c1cc(CN)c2ccccc2n1. The predicted octanol–water partition coefficient (Wildman–Crippen LogP) is 2.80. The summed E-state index contributed by atoms with van der Waals surface area (Å²) >= 11 is 0. The Balaban J connectivity index is 2.41. The molecule has 0 radical (unpaired) electrons. The van der Waals surface area contributed by atoms with Crippen molar-refractivity contribution < 1.29 is 4.74 Å². The molecule has 21 heavy (non-hydrogen) atoms. The second kappa shape index (κ2) is 7.38. The molecule has 0 aliphatic heterocycles. The molecule has 0 unspecified atom stereocenters. The molecule has 2 aromatic rings. The van der Waals surface area contributed by atoms with E-state index in [1.54, 1.807) is 7.11 Å². The van der Waals surface area contributed by atoms with E-state index in [4.69, 9.17) is 15.5 Å². The van der Waals surface area contributed by atoms with Crippen LogP contribution in [0.4, 0.5) is 5.82 Å². The van der Waals surface area contributed by atoms with Gasteiger partial charge >= 0.3 is 0 Å². The minimum Gasteiger partial charge on any atom is -0.383 e. The summed E-state index contributed by atoms with van der Waals surface area (Å²) in [4.78, 5) is 7.08. The average molecular weight is 287 g/mol. The lowest BCUT2D eigenvalue weighted by Crippen LogP contribution is -2.31. The molecule has 2 rings (SSSR count). The molecule has 0 aliphatic rings. The molecule has 2 N–H and O–H groups in total. The van der Waals surface area contributed by atoms with Gasteiger partial charge in [0.1, 0.15) is 5.82 Å². The maximum Gasteiger partial charge on any atom is 0.129 e. The fourth-order valence-corrected chi connectivity index (χ4v) is 2.50. The third-order valence-electron chi connectivity index (χ3n) is 3.48. The first kappa shape index (κ1) is 15.7. The van der Waals surface area contributed by atoms with Gasteiger partial charge in [-0.2, -0.15) is 0 Å². The van der Waals surface area contributed by atoms with Crippen LogP contribution in [0.5, 0.6) is 0 Å². The molecular weight excluding hydrogens is 262 g/mol. The van der Waals surface area contributed by atoms with Gasteiger partial charge in [0, 0.05) is 32.1 Å². The molecular formula is C17H25N3O. The third-order valence-corrected chi connectivity index (χ3v) is 3.48. The van der Waals surface area contributed by atoms with E-state index in [1.807, 2.05) is 18.2 Å². The van der Waals surface area contributed by atoms with Gasteiger partial charge < -0.3 is 15.4 Å². The minimum absolute atomic E-state index is 0.524. The van der Waals surface area contributed by atoms with Crippen LogP contribution in [-0.4, -0.2) is 31.8 Å². The maximum absolute atomic E-state index is 5.92. The summed E-state index contributed by atoms with van der Waals surface area (Å²) in [5.41, 5.74) is 8.06. The Kier molecular flexibility index (Phi) is 5.53. The van der Waals surface area contributed by atoms with Gasteiger partial charge in [-0.05, 0) is 23.6 Å². The van der Waals surface area contributed by atoms with Gasteiger partial charge in [0.15, 0.2) is 0 Å². The highest BCUT2D eigenvalue weighted by molar-refractivity contribution is 5.84. The van der Waals surface area contributed by atoms with Gasteiger partial charge in [0.25, 0.3) is 0 Å². The highest BCUT2D eigenvalue weighted by atomic mass is 16.5. The smallest absolute Gasteiger partial charge is 0.129 e. The lowest BCUT2D eigenvalue weighted by Gasteiger charge is -2.26. The Morgan fingerprint density at radius 1 is 1.29 bits per heavy atom. The van der Waals surface area contributed by atoms with Gasteiger partial charge in [-0.15, -0.1) is 0 Å². The Morgan fingerprint density at radius 3 is 2.71 bits per heavy atom. The fourth-order valence-electron chi connectivity index (χ4n) is 2.50. The highest BCUT2D eigenvalue weighted by Gasteiger charge is 2.12. The Bertz CT molecular complexity index is 583.